The van der Waals surface area contributed by atoms with Crippen molar-refractivity contribution in [3.05, 3.63) is 31.0 Å². The third-order valence-electron chi connectivity index (χ3n) is 4.69. The van der Waals surface area contributed by atoms with Gasteiger partial charge in [-0.05, 0) is 6.07 Å². The number of piperazine rings is 1. The molecule has 12 heteroatoms. The minimum atomic E-state index is -3.88. The lowest BCUT2D eigenvalue weighted by molar-refractivity contribution is 0.272. The molecule has 2 atom stereocenters. The van der Waals surface area contributed by atoms with E-state index in [2.05, 4.69) is 15.0 Å². The van der Waals surface area contributed by atoms with Gasteiger partial charge in [-0.3, -0.25) is 0 Å². The van der Waals surface area contributed by atoms with E-state index < -0.39 is 31.9 Å². The summed E-state index contributed by atoms with van der Waals surface area (Å²) in [7, 11) is -5.57. The van der Waals surface area contributed by atoms with Crippen LogP contribution in [0.5, 0.6) is 0 Å². The average Bonchev–Trinajstić information content (AvgIpc) is 3.16. The number of imidazole rings is 1. The zero-order valence-corrected chi connectivity index (χ0v) is 15.6. The van der Waals surface area contributed by atoms with E-state index in [-0.39, 0.29) is 23.1 Å². The molecule has 0 unspecified atom stereocenters. The highest BCUT2D eigenvalue weighted by Crippen LogP contribution is 2.32. The van der Waals surface area contributed by atoms with Crippen molar-refractivity contribution < 1.29 is 16.8 Å². The molecule has 2 aliphatic heterocycles. The quantitative estimate of drug-likeness (QED) is 0.638. The fraction of sp³-hybridized carbons (Fsp3) is 0.500. The first-order valence-corrected chi connectivity index (χ1v) is 11.3. The summed E-state index contributed by atoms with van der Waals surface area (Å²) >= 11 is 0. The summed E-state index contributed by atoms with van der Waals surface area (Å²) in [5.41, 5.74) is 0. The number of sulfonamides is 1. The molecule has 2 aliphatic rings. The van der Waals surface area contributed by atoms with E-state index >= 15 is 0 Å². The summed E-state index contributed by atoms with van der Waals surface area (Å²) in [4.78, 5) is 14.1. The van der Waals surface area contributed by atoms with Crippen LogP contribution in [-0.2, 0) is 26.9 Å². The number of fused-ring (bicyclic) bond motifs is 1. The molecule has 4 heterocycles. The molecule has 0 aromatic carbocycles. The highest BCUT2D eigenvalue weighted by Gasteiger charge is 2.51. The van der Waals surface area contributed by atoms with Crippen LogP contribution in [-0.4, -0.2) is 77.3 Å². The molecule has 0 radical (unpaired) electrons. The first-order chi connectivity index (χ1) is 12.3. The van der Waals surface area contributed by atoms with Crippen molar-refractivity contribution in [2.45, 2.75) is 17.1 Å². The van der Waals surface area contributed by atoms with E-state index in [1.54, 1.807) is 35.0 Å². The second-order valence-electron chi connectivity index (χ2n) is 6.45. The summed E-state index contributed by atoms with van der Waals surface area (Å²) in [5, 5.41) is -0.0764. The number of aryl methyl sites for hydroxylation is 1. The summed E-state index contributed by atoms with van der Waals surface area (Å²) in [5.74, 6) is 0.0755. The van der Waals surface area contributed by atoms with Gasteiger partial charge in [0.25, 0.3) is 10.0 Å². The Morgan fingerprint density at radius 2 is 1.77 bits per heavy atom. The van der Waals surface area contributed by atoms with Crippen molar-refractivity contribution in [2.24, 2.45) is 7.05 Å². The Labute approximate surface area is 151 Å². The fourth-order valence-corrected chi connectivity index (χ4v) is 7.24. The molecular formula is C14H18N6O4S2. The fourth-order valence-electron chi connectivity index (χ4n) is 3.55. The normalized spacial score (nSPS) is 26.0. The maximum atomic E-state index is 13.0. The van der Waals surface area contributed by atoms with Gasteiger partial charge < -0.3 is 9.47 Å². The van der Waals surface area contributed by atoms with Crippen molar-refractivity contribution in [3.63, 3.8) is 0 Å². The number of anilines is 1. The number of hydrogen-bond donors (Lipinski definition) is 0. The first-order valence-electron chi connectivity index (χ1n) is 8.02. The molecule has 2 fully saturated rings. The molecule has 140 valence electrons. The third kappa shape index (κ3) is 2.87. The van der Waals surface area contributed by atoms with Crippen LogP contribution in [0.4, 0.5) is 5.95 Å². The molecule has 0 saturated carbocycles. The summed E-state index contributed by atoms with van der Waals surface area (Å²) in [6, 6.07) is 0.466. The minimum Gasteiger partial charge on any atom is -0.339 e. The van der Waals surface area contributed by atoms with Gasteiger partial charge in [-0.1, -0.05) is 0 Å². The monoisotopic (exact) mass is 398 g/mol. The second kappa shape index (κ2) is 5.99. The van der Waals surface area contributed by atoms with Gasteiger partial charge in [0, 0.05) is 38.7 Å². The lowest BCUT2D eigenvalue weighted by Crippen LogP contribution is -2.61. The van der Waals surface area contributed by atoms with Crippen molar-refractivity contribution >= 4 is 25.8 Å². The van der Waals surface area contributed by atoms with Crippen LogP contribution in [0.1, 0.15) is 0 Å². The van der Waals surface area contributed by atoms with E-state index in [0.29, 0.717) is 12.5 Å². The topological polar surface area (TPSA) is 118 Å². The van der Waals surface area contributed by atoms with Crippen molar-refractivity contribution in [2.75, 3.05) is 29.5 Å². The third-order valence-corrected chi connectivity index (χ3v) is 8.20. The van der Waals surface area contributed by atoms with E-state index in [9.17, 15) is 16.8 Å². The predicted molar refractivity (Wildman–Crippen MR) is 92.7 cm³/mol. The number of rotatable bonds is 3. The van der Waals surface area contributed by atoms with Gasteiger partial charge in [-0.2, -0.15) is 4.31 Å². The van der Waals surface area contributed by atoms with Gasteiger partial charge in [-0.15, -0.1) is 0 Å². The molecule has 0 N–H and O–H groups in total. The second-order valence-corrected chi connectivity index (χ2v) is 10.4. The molecule has 10 nitrogen and oxygen atoms in total. The van der Waals surface area contributed by atoms with Crippen molar-refractivity contribution in [1.29, 1.82) is 0 Å². The van der Waals surface area contributed by atoms with Crippen LogP contribution in [0.2, 0.25) is 0 Å². The van der Waals surface area contributed by atoms with E-state index in [1.807, 2.05) is 0 Å². The summed E-state index contributed by atoms with van der Waals surface area (Å²) in [6.45, 7) is 0.459. The zero-order chi connectivity index (χ0) is 18.5. The zero-order valence-electron chi connectivity index (χ0n) is 14.0. The molecule has 2 saturated heterocycles. The lowest BCUT2D eigenvalue weighted by atomic mass is 10.1. The van der Waals surface area contributed by atoms with Crippen LogP contribution in [0.3, 0.4) is 0 Å². The van der Waals surface area contributed by atoms with Gasteiger partial charge in [0.05, 0.1) is 29.9 Å². The molecule has 2 aromatic heterocycles. The Balaban J connectivity index is 1.72. The van der Waals surface area contributed by atoms with Crippen LogP contribution in [0.25, 0.3) is 0 Å². The smallest absolute Gasteiger partial charge is 0.262 e. The van der Waals surface area contributed by atoms with Crippen LogP contribution in [0.15, 0.2) is 36.0 Å². The molecule has 0 amide bonds. The lowest BCUT2D eigenvalue weighted by Gasteiger charge is -2.42. The first kappa shape index (κ1) is 17.4. The Bertz CT molecular complexity index is 1020. The molecule has 26 heavy (non-hydrogen) atoms. The Morgan fingerprint density at radius 1 is 1.08 bits per heavy atom. The number of aromatic nitrogens is 4. The molecular weight excluding hydrogens is 380 g/mol. The maximum absolute atomic E-state index is 13.0. The molecule has 0 bridgehead atoms. The average molecular weight is 398 g/mol. The van der Waals surface area contributed by atoms with Gasteiger partial charge in [0.1, 0.15) is 0 Å². The molecule has 2 aromatic rings. The van der Waals surface area contributed by atoms with Gasteiger partial charge in [-0.25, -0.2) is 31.8 Å². The summed E-state index contributed by atoms with van der Waals surface area (Å²) in [6.07, 6.45) is 5.99. The SMILES string of the molecule is Cn1cnc(S(=O)(=O)N2CCN(c3ncccn3)[C@@H]3CS(=O)(=O)C[C@@H]32)c1. The van der Waals surface area contributed by atoms with E-state index in [4.69, 9.17) is 0 Å². The molecule has 0 spiro atoms. The number of nitrogens with zero attached hydrogens (tertiary/aromatic N) is 6. The van der Waals surface area contributed by atoms with Gasteiger partial charge in [0.15, 0.2) is 14.9 Å². The van der Waals surface area contributed by atoms with Gasteiger partial charge in [0.2, 0.25) is 5.95 Å². The number of hydrogen-bond acceptors (Lipinski definition) is 8. The van der Waals surface area contributed by atoms with Crippen molar-refractivity contribution in [3.8, 4) is 0 Å². The van der Waals surface area contributed by atoms with Crippen LogP contribution < -0.4 is 4.90 Å². The maximum Gasteiger partial charge on any atom is 0.262 e. The highest BCUT2D eigenvalue weighted by molar-refractivity contribution is 7.92. The predicted octanol–water partition coefficient (Wildman–Crippen LogP) is -1.11. The van der Waals surface area contributed by atoms with Gasteiger partial charge >= 0.3 is 0 Å². The van der Waals surface area contributed by atoms with Crippen LogP contribution in [0, 0.1) is 0 Å². The largest absolute Gasteiger partial charge is 0.339 e. The van der Waals surface area contributed by atoms with E-state index in [1.165, 1.54) is 16.8 Å². The minimum absolute atomic E-state index is 0.0764. The van der Waals surface area contributed by atoms with E-state index in [0.717, 1.165) is 0 Å². The van der Waals surface area contributed by atoms with Crippen LogP contribution >= 0.6 is 0 Å². The Kier molecular flexibility index (Phi) is 4.00. The summed E-state index contributed by atoms with van der Waals surface area (Å²) < 4.78 is 53.4. The Hall–Kier alpha value is -2.05. The standard InChI is InChI=1S/C14H18N6O4S2/c1-18-7-13(17-10-18)26(23,24)20-6-5-19(14-15-3-2-4-16-14)11-8-25(21,22)9-12(11)20/h2-4,7,10-12H,5-6,8-9H2,1H3/t11-,12+/m1/s1. The molecule has 0 aliphatic carbocycles. The molecule has 4 rings (SSSR count). The highest BCUT2D eigenvalue weighted by atomic mass is 32.2. The number of sulfone groups is 1. The van der Waals surface area contributed by atoms with Crippen molar-refractivity contribution in [1.82, 2.24) is 23.8 Å². The Morgan fingerprint density at radius 3 is 2.42 bits per heavy atom.